The molecule has 3 aliphatic rings. The molecule has 0 radical (unpaired) electrons. The minimum Gasteiger partial charge on any atom is -0.493 e. The second-order valence-electron chi connectivity index (χ2n) is 10.2. The van der Waals surface area contributed by atoms with Gasteiger partial charge in [-0.05, 0) is 47.8 Å². The van der Waals surface area contributed by atoms with Gasteiger partial charge in [-0.3, -0.25) is 9.58 Å². The van der Waals surface area contributed by atoms with Gasteiger partial charge in [0, 0.05) is 32.6 Å². The minimum atomic E-state index is -0.909. The number of nitrogens with two attached hydrogens (primary N) is 1. The van der Waals surface area contributed by atoms with E-state index in [4.69, 9.17) is 15.2 Å². The summed E-state index contributed by atoms with van der Waals surface area (Å²) in [6.45, 7) is 3.32. The summed E-state index contributed by atoms with van der Waals surface area (Å²) in [4.78, 5) is 13.1. The predicted molar refractivity (Wildman–Crippen MR) is 138 cm³/mol. The van der Waals surface area contributed by atoms with Gasteiger partial charge < -0.3 is 20.1 Å². The van der Waals surface area contributed by atoms with Crippen LogP contribution in [0.25, 0.3) is 10.9 Å². The Kier molecular flexibility index (Phi) is 6.63. The van der Waals surface area contributed by atoms with E-state index in [1.54, 1.807) is 0 Å². The Hall–Kier alpha value is -2.64. The van der Waals surface area contributed by atoms with Crippen LogP contribution in [0.1, 0.15) is 37.1 Å². The van der Waals surface area contributed by atoms with Gasteiger partial charge in [0.15, 0.2) is 17.4 Å². The first-order valence-electron chi connectivity index (χ1n) is 12.8. The van der Waals surface area contributed by atoms with Crippen LogP contribution in [0.15, 0.2) is 10.5 Å². The molecule has 9 nitrogen and oxygen atoms in total. The number of hydrogen-bond donors (Lipinski definition) is 1. The maximum absolute atomic E-state index is 15.5. The number of ether oxygens (including phenoxy) is 2. The van der Waals surface area contributed by atoms with Gasteiger partial charge in [0.1, 0.15) is 24.1 Å². The normalized spacial score (nSPS) is 23.5. The molecule has 38 heavy (non-hydrogen) atoms. The number of halogens is 4. The zero-order valence-corrected chi connectivity index (χ0v) is 22.6. The third-order valence-corrected chi connectivity index (χ3v) is 8.59. The maximum atomic E-state index is 15.5. The molecule has 0 amide bonds. The van der Waals surface area contributed by atoms with Crippen molar-refractivity contribution in [1.82, 2.24) is 24.6 Å². The molecule has 3 aromatic rings. The van der Waals surface area contributed by atoms with Crippen LogP contribution >= 0.6 is 15.9 Å². The Balaban J connectivity index is 1.44. The first kappa shape index (κ1) is 25.6. The quantitative estimate of drug-likeness (QED) is 0.431. The summed E-state index contributed by atoms with van der Waals surface area (Å²) in [5.41, 5.74) is 6.93. The third kappa shape index (κ3) is 4.19. The lowest BCUT2D eigenvalue weighted by Gasteiger charge is -2.31. The number of aromatic nitrogens is 4. The second kappa shape index (κ2) is 9.83. The molecule has 13 heteroatoms. The van der Waals surface area contributed by atoms with Crippen molar-refractivity contribution in [3.8, 4) is 11.8 Å². The van der Waals surface area contributed by atoms with Gasteiger partial charge in [0.05, 0.1) is 40.4 Å². The van der Waals surface area contributed by atoms with Gasteiger partial charge >= 0.3 is 6.01 Å². The molecule has 2 fully saturated rings. The molecule has 1 aromatic carbocycles. The van der Waals surface area contributed by atoms with Gasteiger partial charge in [-0.25, -0.2) is 13.2 Å². The van der Waals surface area contributed by atoms with Crippen LogP contribution in [0, 0.1) is 11.6 Å². The van der Waals surface area contributed by atoms with Crippen molar-refractivity contribution in [1.29, 1.82) is 0 Å². The highest BCUT2D eigenvalue weighted by molar-refractivity contribution is 9.10. The van der Waals surface area contributed by atoms with E-state index in [0.29, 0.717) is 45.0 Å². The number of fused-ring (bicyclic) bond motifs is 3. The van der Waals surface area contributed by atoms with Crippen LogP contribution < -0.4 is 20.1 Å². The summed E-state index contributed by atoms with van der Waals surface area (Å²) in [6, 6.07) is 1.88. The highest BCUT2D eigenvalue weighted by Crippen LogP contribution is 2.43. The number of benzene rings is 1. The van der Waals surface area contributed by atoms with Gasteiger partial charge in [0.25, 0.3) is 0 Å². The number of methoxy groups -OCH3 is 1. The molecule has 2 aromatic heterocycles. The fourth-order valence-electron chi connectivity index (χ4n) is 6.14. The van der Waals surface area contributed by atoms with E-state index in [1.807, 2.05) is 15.6 Å². The van der Waals surface area contributed by atoms with Gasteiger partial charge in [-0.15, -0.1) is 0 Å². The Bertz CT molecular complexity index is 1390. The number of aryl methyl sites for hydroxylation is 1. The number of anilines is 1. The highest BCUT2D eigenvalue weighted by atomic mass is 79.9. The number of rotatable bonds is 6. The molecule has 5 heterocycles. The first-order valence-corrected chi connectivity index (χ1v) is 13.6. The van der Waals surface area contributed by atoms with Crippen LogP contribution in [0.2, 0.25) is 0 Å². The van der Waals surface area contributed by atoms with E-state index in [0.717, 1.165) is 37.2 Å². The predicted octanol–water partition coefficient (Wildman–Crippen LogP) is 3.70. The fraction of sp³-hybridized carbons (Fsp3) is 0.560. The molecule has 0 bridgehead atoms. The van der Waals surface area contributed by atoms with Crippen molar-refractivity contribution in [3.05, 3.63) is 33.6 Å². The lowest BCUT2D eigenvalue weighted by molar-refractivity contribution is 0.107. The monoisotopic (exact) mass is 595 g/mol. The van der Waals surface area contributed by atoms with E-state index in [2.05, 4.69) is 35.9 Å². The summed E-state index contributed by atoms with van der Waals surface area (Å²) in [6.07, 6.45) is 1.97. The van der Waals surface area contributed by atoms with Crippen LogP contribution in [0.4, 0.5) is 19.0 Å². The van der Waals surface area contributed by atoms with E-state index in [9.17, 15) is 4.39 Å². The molecule has 6 rings (SSSR count). The van der Waals surface area contributed by atoms with Crippen LogP contribution in [0.3, 0.4) is 0 Å². The lowest BCUT2D eigenvalue weighted by Crippen LogP contribution is -2.43. The van der Waals surface area contributed by atoms with Crippen molar-refractivity contribution < 1.29 is 22.6 Å². The molecule has 204 valence electrons. The molecular weight excluding hydrogens is 567 g/mol. The van der Waals surface area contributed by atoms with Gasteiger partial charge in [-0.2, -0.15) is 15.1 Å². The fourth-order valence-corrected chi connectivity index (χ4v) is 6.51. The Morgan fingerprint density at radius 3 is 2.82 bits per heavy atom. The number of hydrogen-bond acceptors (Lipinski definition) is 8. The molecule has 0 saturated carbocycles. The summed E-state index contributed by atoms with van der Waals surface area (Å²) in [7, 11) is 1.32. The average molecular weight is 596 g/mol. The number of nitrogens with zero attached hydrogens (tertiary/aromatic N) is 6. The lowest BCUT2D eigenvalue weighted by atomic mass is 9.95. The molecule has 0 aliphatic carbocycles. The number of alkyl halides is 1. The van der Waals surface area contributed by atoms with Crippen molar-refractivity contribution in [2.24, 2.45) is 5.73 Å². The summed E-state index contributed by atoms with van der Waals surface area (Å²) < 4.78 is 57.9. The molecule has 2 N–H and O–H groups in total. The van der Waals surface area contributed by atoms with E-state index < -0.39 is 23.3 Å². The third-order valence-electron chi connectivity index (χ3n) is 7.90. The smallest absolute Gasteiger partial charge is 0.319 e. The van der Waals surface area contributed by atoms with Crippen molar-refractivity contribution in [3.63, 3.8) is 0 Å². The van der Waals surface area contributed by atoms with Crippen LogP contribution in [0.5, 0.6) is 11.8 Å². The topological polar surface area (TPSA) is 94.6 Å². The minimum absolute atomic E-state index is 0.0455. The van der Waals surface area contributed by atoms with E-state index in [1.165, 1.54) is 7.11 Å². The van der Waals surface area contributed by atoms with Crippen molar-refractivity contribution in [2.75, 3.05) is 38.3 Å². The Morgan fingerprint density at radius 2 is 2.03 bits per heavy atom. The standard InChI is InChI=1S/C25H29BrF3N7O2/c1-37-22-17-21(19(28)18(26)20(22)29)31-24(38-13-25-4-2-6-35(25)11-14(27)9-25)32-23(17)34-5-3-7-36-16(12-34)8-15(10-30)33-36/h8,14H,2-7,9-13,30H2,1H3/t14-,25+/m1/s1. The molecule has 0 spiro atoms. The zero-order chi connectivity index (χ0) is 26.6. The molecular formula is C25H29BrF3N7O2. The Labute approximate surface area is 226 Å². The molecule has 3 aliphatic heterocycles. The summed E-state index contributed by atoms with van der Waals surface area (Å²) in [5, 5.41) is 4.66. The SMILES string of the molecule is COc1c(F)c(Br)c(F)c2nc(OC[C@@]34CCCN3C[C@H](F)C4)nc(N3CCCn4nc(CN)cc4C3)c12. The molecule has 2 saturated heterocycles. The average Bonchev–Trinajstić information content (AvgIpc) is 3.53. The Morgan fingerprint density at radius 1 is 1.18 bits per heavy atom. The summed E-state index contributed by atoms with van der Waals surface area (Å²) >= 11 is 3.00. The van der Waals surface area contributed by atoms with Crippen molar-refractivity contribution >= 4 is 32.7 Å². The molecule has 0 unspecified atom stereocenters. The van der Waals surface area contributed by atoms with Crippen LogP contribution in [-0.4, -0.2) is 69.7 Å². The molecule has 2 atom stereocenters. The van der Waals surface area contributed by atoms with Crippen LogP contribution in [-0.2, 0) is 19.6 Å². The first-order chi connectivity index (χ1) is 18.3. The zero-order valence-electron chi connectivity index (χ0n) is 21.0. The van der Waals surface area contributed by atoms with Crippen molar-refractivity contribution in [2.45, 2.75) is 57.0 Å². The maximum Gasteiger partial charge on any atom is 0.319 e. The van der Waals surface area contributed by atoms with Gasteiger partial charge in [0.2, 0.25) is 0 Å². The van der Waals surface area contributed by atoms with E-state index in [-0.39, 0.29) is 33.7 Å². The second-order valence-corrected chi connectivity index (χ2v) is 11.0. The van der Waals surface area contributed by atoms with E-state index >= 15 is 8.78 Å². The highest BCUT2D eigenvalue weighted by Gasteiger charge is 2.49. The van der Waals surface area contributed by atoms with Gasteiger partial charge in [-0.1, -0.05) is 0 Å². The summed E-state index contributed by atoms with van der Waals surface area (Å²) in [5.74, 6) is -1.61. The largest absolute Gasteiger partial charge is 0.493 e.